The van der Waals surface area contributed by atoms with Gasteiger partial charge < -0.3 is 20.4 Å². The summed E-state index contributed by atoms with van der Waals surface area (Å²) in [7, 11) is 0. The van der Waals surface area contributed by atoms with Crippen molar-refractivity contribution in [2.24, 2.45) is 0 Å². The molecular formula is C12H17N3O4S. The molecule has 3 N–H and O–H groups in total. The highest BCUT2D eigenvalue weighted by Crippen LogP contribution is 2.20. The third kappa shape index (κ3) is 3.67. The number of hydrogen-bond donors (Lipinski definition) is 3. The van der Waals surface area contributed by atoms with Crippen molar-refractivity contribution in [3.05, 3.63) is 16.1 Å². The molecule has 0 saturated carbocycles. The number of thiazole rings is 1. The number of amides is 2. The van der Waals surface area contributed by atoms with Crippen molar-refractivity contribution in [2.75, 3.05) is 13.1 Å². The minimum atomic E-state index is -1.08. The average molecular weight is 299 g/mol. The summed E-state index contributed by atoms with van der Waals surface area (Å²) in [4.78, 5) is 28.1. The SMILES string of the molecule is CC1(O)CCCN(C(=O)NCc2nc(C(=O)O)cs2)C1. The van der Waals surface area contributed by atoms with E-state index in [2.05, 4.69) is 10.3 Å². The molecule has 1 aliphatic rings. The molecule has 8 heteroatoms. The largest absolute Gasteiger partial charge is 0.476 e. The van der Waals surface area contributed by atoms with Crippen LogP contribution in [0.25, 0.3) is 0 Å². The van der Waals surface area contributed by atoms with E-state index in [-0.39, 0.29) is 18.3 Å². The van der Waals surface area contributed by atoms with Crippen LogP contribution in [0.3, 0.4) is 0 Å². The van der Waals surface area contributed by atoms with Crippen molar-refractivity contribution in [2.45, 2.75) is 31.9 Å². The Balaban J connectivity index is 1.86. The lowest BCUT2D eigenvalue weighted by atomic mass is 9.95. The predicted molar refractivity (Wildman–Crippen MR) is 72.7 cm³/mol. The van der Waals surface area contributed by atoms with Crippen molar-refractivity contribution in [3.63, 3.8) is 0 Å². The zero-order chi connectivity index (χ0) is 14.8. The molecule has 7 nitrogen and oxygen atoms in total. The summed E-state index contributed by atoms with van der Waals surface area (Å²) in [5, 5.41) is 23.4. The zero-order valence-electron chi connectivity index (χ0n) is 11.1. The molecule has 2 amide bonds. The van der Waals surface area contributed by atoms with Crippen LogP contribution >= 0.6 is 11.3 Å². The molecule has 0 bridgehead atoms. The highest BCUT2D eigenvalue weighted by atomic mass is 32.1. The molecule has 0 radical (unpaired) electrons. The Labute approximate surface area is 120 Å². The van der Waals surface area contributed by atoms with E-state index in [1.165, 1.54) is 16.7 Å². The predicted octanol–water partition coefficient (Wildman–Crippen LogP) is 0.898. The molecule has 1 saturated heterocycles. The van der Waals surface area contributed by atoms with E-state index in [4.69, 9.17) is 5.11 Å². The van der Waals surface area contributed by atoms with Crippen LogP contribution in [0.5, 0.6) is 0 Å². The summed E-state index contributed by atoms with van der Waals surface area (Å²) < 4.78 is 0. The normalized spacial score (nSPS) is 22.6. The molecule has 20 heavy (non-hydrogen) atoms. The van der Waals surface area contributed by atoms with Crippen LogP contribution < -0.4 is 5.32 Å². The standard InChI is InChI=1S/C12H17N3O4S/c1-12(19)3-2-4-15(7-12)11(18)13-5-9-14-8(6-20-9)10(16)17/h6,19H,2-5,7H2,1H3,(H,13,18)(H,16,17). The average Bonchev–Trinajstić information content (AvgIpc) is 2.83. The first kappa shape index (κ1) is 14.7. The van der Waals surface area contributed by atoms with Crippen LogP contribution in [0.4, 0.5) is 4.79 Å². The van der Waals surface area contributed by atoms with Gasteiger partial charge in [-0.25, -0.2) is 14.6 Å². The third-order valence-corrected chi connectivity index (χ3v) is 3.97. The summed E-state index contributed by atoms with van der Waals surface area (Å²) in [6.07, 6.45) is 1.45. The monoisotopic (exact) mass is 299 g/mol. The number of nitrogens with zero attached hydrogens (tertiary/aromatic N) is 2. The van der Waals surface area contributed by atoms with Gasteiger partial charge in [0.2, 0.25) is 0 Å². The number of carbonyl (C=O) groups excluding carboxylic acids is 1. The van der Waals surface area contributed by atoms with E-state index in [1.54, 1.807) is 11.8 Å². The van der Waals surface area contributed by atoms with Gasteiger partial charge in [0.15, 0.2) is 5.69 Å². The van der Waals surface area contributed by atoms with Gasteiger partial charge in [-0.05, 0) is 19.8 Å². The van der Waals surface area contributed by atoms with Crippen LogP contribution in [0, 0.1) is 0 Å². The first-order valence-electron chi connectivity index (χ1n) is 6.30. The number of likely N-dealkylation sites (tertiary alicyclic amines) is 1. The van der Waals surface area contributed by atoms with E-state index in [1.807, 2.05) is 0 Å². The van der Waals surface area contributed by atoms with Gasteiger partial charge in [0.05, 0.1) is 18.7 Å². The van der Waals surface area contributed by atoms with Crippen molar-refractivity contribution < 1.29 is 19.8 Å². The van der Waals surface area contributed by atoms with Gasteiger partial charge >= 0.3 is 12.0 Å². The van der Waals surface area contributed by atoms with Crippen LogP contribution in [-0.4, -0.2) is 50.8 Å². The number of rotatable bonds is 3. The maximum absolute atomic E-state index is 12.0. The Kier molecular flexibility index (Phi) is 4.24. The zero-order valence-corrected chi connectivity index (χ0v) is 11.9. The van der Waals surface area contributed by atoms with Gasteiger partial charge in [-0.3, -0.25) is 0 Å². The fourth-order valence-corrected chi connectivity index (χ4v) is 2.85. The van der Waals surface area contributed by atoms with Crippen molar-refractivity contribution in [1.82, 2.24) is 15.2 Å². The highest BCUT2D eigenvalue weighted by Gasteiger charge is 2.30. The molecule has 2 rings (SSSR count). The number of carboxylic acid groups (broad SMARTS) is 1. The van der Waals surface area contributed by atoms with E-state index >= 15 is 0 Å². The Morgan fingerprint density at radius 3 is 2.95 bits per heavy atom. The van der Waals surface area contributed by atoms with Crippen LogP contribution in [0.1, 0.15) is 35.3 Å². The van der Waals surface area contributed by atoms with Crippen molar-refractivity contribution >= 4 is 23.3 Å². The summed E-state index contributed by atoms with van der Waals surface area (Å²) in [5.41, 5.74) is -0.854. The minimum absolute atomic E-state index is 0.0137. The molecule has 0 spiro atoms. The van der Waals surface area contributed by atoms with Gasteiger partial charge in [0.1, 0.15) is 5.01 Å². The third-order valence-electron chi connectivity index (χ3n) is 3.12. The van der Waals surface area contributed by atoms with Gasteiger partial charge in [-0.1, -0.05) is 0 Å². The molecule has 110 valence electrons. The Morgan fingerprint density at radius 2 is 2.35 bits per heavy atom. The molecule has 1 atom stereocenters. The number of aromatic nitrogens is 1. The summed E-state index contributed by atoms with van der Waals surface area (Å²) >= 11 is 1.19. The Bertz CT molecular complexity index is 515. The first-order valence-corrected chi connectivity index (χ1v) is 7.18. The van der Waals surface area contributed by atoms with Gasteiger partial charge in [-0.15, -0.1) is 11.3 Å². The van der Waals surface area contributed by atoms with E-state index in [0.29, 0.717) is 24.5 Å². The van der Waals surface area contributed by atoms with Crippen LogP contribution in [-0.2, 0) is 6.54 Å². The molecule has 0 aromatic carbocycles. The highest BCUT2D eigenvalue weighted by molar-refractivity contribution is 7.09. The number of urea groups is 1. The lowest BCUT2D eigenvalue weighted by molar-refractivity contribution is -0.00253. The number of nitrogens with one attached hydrogen (secondary N) is 1. The summed E-state index contributed by atoms with van der Waals surface area (Å²) in [6.45, 7) is 2.82. The molecule has 1 unspecified atom stereocenters. The van der Waals surface area contributed by atoms with E-state index in [9.17, 15) is 14.7 Å². The van der Waals surface area contributed by atoms with E-state index in [0.717, 1.165) is 6.42 Å². The van der Waals surface area contributed by atoms with Crippen LogP contribution in [0.15, 0.2) is 5.38 Å². The van der Waals surface area contributed by atoms with Gasteiger partial charge in [0.25, 0.3) is 0 Å². The number of carbonyl (C=O) groups is 2. The molecule has 1 aliphatic heterocycles. The summed E-state index contributed by atoms with van der Waals surface area (Å²) in [6, 6.07) is -0.267. The molecular weight excluding hydrogens is 282 g/mol. The molecule has 1 aromatic rings. The minimum Gasteiger partial charge on any atom is -0.476 e. The second kappa shape index (κ2) is 5.76. The van der Waals surface area contributed by atoms with Gasteiger partial charge in [0, 0.05) is 11.9 Å². The second-order valence-electron chi connectivity index (χ2n) is 5.11. The summed E-state index contributed by atoms with van der Waals surface area (Å²) in [5.74, 6) is -1.08. The maximum Gasteiger partial charge on any atom is 0.355 e. The number of aromatic carboxylic acids is 1. The number of carboxylic acids is 1. The first-order chi connectivity index (χ1) is 9.37. The lowest BCUT2D eigenvalue weighted by Gasteiger charge is -2.36. The smallest absolute Gasteiger partial charge is 0.355 e. The number of β-amino-alcohol motifs (C(OH)–C–C–N with tert-alkyl or cyclic N) is 1. The molecule has 1 aromatic heterocycles. The molecule has 1 fully saturated rings. The molecule has 2 heterocycles. The molecule has 0 aliphatic carbocycles. The topological polar surface area (TPSA) is 103 Å². The number of aliphatic hydroxyl groups is 1. The maximum atomic E-state index is 12.0. The van der Waals surface area contributed by atoms with E-state index < -0.39 is 11.6 Å². The van der Waals surface area contributed by atoms with Crippen molar-refractivity contribution in [3.8, 4) is 0 Å². The number of hydrogen-bond acceptors (Lipinski definition) is 5. The second-order valence-corrected chi connectivity index (χ2v) is 6.06. The lowest BCUT2D eigenvalue weighted by Crippen LogP contribution is -2.51. The van der Waals surface area contributed by atoms with Crippen molar-refractivity contribution in [1.29, 1.82) is 0 Å². The fourth-order valence-electron chi connectivity index (χ4n) is 2.15. The quantitative estimate of drug-likeness (QED) is 0.769. The Hall–Kier alpha value is -1.67. The fraction of sp³-hybridized carbons (Fsp3) is 0.583. The van der Waals surface area contributed by atoms with Gasteiger partial charge in [-0.2, -0.15) is 0 Å². The van der Waals surface area contributed by atoms with Crippen LogP contribution in [0.2, 0.25) is 0 Å². The Morgan fingerprint density at radius 1 is 1.60 bits per heavy atom. The number of piperidine rings is 1.